The molecule has 0 N–H and O–H groups in total. The minimum atomic E-state index is -5.90. The maximum Gasteiger partial charge on any atom is 0.450 e. The van der Waals surface area contributed by atoms with Crippen LogP contribution in [0, 0.1) is 0 Å². The third kappa shape index (κ3) is 2.49. The summed E-state index contributed by atoms with van der Waals surface area (Å²) in [4.78, 5) is 0. The SMILES string of the molecule is COc1ccc(C2=NN(c3ccccc3)C(F)(C(F)(F)F)C2(F)F)cc1. The number of nitrogens with zero attached hydrogens (tertiary/aromatic N) is 2. The fourth-order valence-corrected chi connectivity index (χ4v) is 2.61. The van der Waals surface area contributed by atoms with Crippen molar-refractivity contribution in [3.8, 4) is 5.75 Å². The number of alkyl halides is 6. The average Bonchev–Trinajstić information content (AvgIpc) is 2.83. The van der Waals surface area contributed by atoms with Gasteiger partial charge in [0.05, 0.1) is 12.8 Å². The third-order valence-corrected chi connectivity index (χ3v) is 3.95. The van der Waals surface area contributed by atoms with E-state index < -0.39 is 29.3 Å². The Balaban J connectivity index is 2.18. The Morgan fingerprint density at radius 1 is 0.923 bits per heavy atom. The molecule has 26 heavy (non-hydrogen) atoms. The molecule has 0 bridgehead atoms. The molecule has 0 amide bonds. The van der Waals surface area contributed by atoms with Gasteiger partial charge in [-0.15, -0.1) is 0 Å². The standard InChI is InChI=1S/C17H12F6N2O/c1-26-13-9-7-11(8-10-13)14-15(18,19)16(20,17(21,22)23)25(24-14)12-5-3-2-4-6-12/h2-10H,1H3. The molecule has 3 nitrogen and oxygen atoms in total. The zero-order valence-electron chi connectivity index (χ0n) is 13.3. The number of ether oxygens (including phenoxy) is 1. The summed E-state index contributed by atoms with van der Waals surface area (Å²) in [6.07, 6.45) is -5.90. The van der Waals surface area contributed by atoms with Gasteiger partial charge in [-0.25, -0.2) is 5.01 Å². The summed E-state index contributed by atoms with van der Waals surface area (Å²) >= 11 is 0. The second-order valence-electron chi connectivity index (χ2n) is 5.52. The highest BCUT2D eigenvalue weighted by atomic mass is 19.4. The van der Waals surface area contributed by atoms with Crippen LogP contribution in [-0.2, 0) is 0 Å². The molecule has 0 saturated heterocycles. The van der Waals surface area contributed by atoms with E-state index in [2.05, 4.69) is 5.10 Å². The molecule has 0 fully saturated rings. The van der Waals surface area contributed by atoms with Crippen LogP contribution in [0.15, 0.2) is 59.7 Å². The molecular formula is C17H12F6N2O. The van der Waals surface area contributed by atoms with Gasteiger partial charge >= 0.3 is 17.9 Å². The fourth-order valence-electron chi connectivity index (χ4n) is 2.61. The van der Waals surface area contributed by atoms with E-state index in [1.165, 1.54) is 37.4 Å². The first-order valence-corrected chi connectivity index (χ1v) is 7.35. The number of hydrazone groups is 1. The van der Waals surface area contributed by atoms with Crippen molar-refractivity contribution in [1.82, 2.24) is 0 Å². The molecule has 2 aromatic rings. The minimum Gasteiger partial charge on any atom is -0.497 e. The normalized spacial score (nSPS) is 22.3. The van der Waals surface area contributed by atoms with Gasteiger partial charge in [0.25, 0.3) is 0 Å². The zero-order chi connectivity index (χ0) is 19.2. The van der Waals surface area contributed by atoms with E-state index in [0.29, 0.717) is 5.75 Å². The Kier molecular flexibility index (Phi) is 4.12. The first-order chi connectivity index (χ1) is 12.1. The second kappa shape index (κ2) is 5.93. The number of anilines is 1. The molecule has 1 aliphatic heterocycles. The quantitative estimate of drug-likeness (QED) is 0.570. The second-order valence-corrected chi connectivity index (χ2v) is 5.52. The van der Waals surface area contributed by atoms with E-state index in [9.17, 15) is 26.3 Å². The van der Waals surface area contributed by atoms with Gasteiger partial charge in [0.15, 0.2) is 0 Å². The Bertz CT molecular complexity index is 819. The maximum atomic E-state index is 14.9. The third-order valence-electron chi connectivity index (χ3n) is 3.95. The summed E-state index contributed by atoms with van der Waals surface area (Å²) in [5, 5.41) is 3.01. The minimum absolute atomic E-state index is 0.304. The van der Waals surface area contributed by atoms with Gasteiger partial charge in [0, 0.05) is 5.56 Å². The summed E-state index contributed by atoms with van der Waals surface area (Å²) in [7, 11) is 1.34. The monoisotopic (exact) mass is 374 g/mol. The van der Waals surface area contributed by atoms with Crippen LogP contribution in [0.25, 0.3) is 0 Å². The molecule has 1 unspecified atom stereocenters. The Hall–Kier alpha value is -2.71. The van der Waals surface area contributed by atoms with Gasteiger partial charge in [-0.3, -0.25) is 0 Å². The number of benzene rings is 2. The van der Waals surface area contributed by atoms with E-state index in [0.717, 1.165) is 24.3 Å². The van der Waals surface area contributed by atoms with Gasteiger partial charge in [0.1, 0.15) is 11.5 Å². The lowest BCUT2D eigenvalue weighted by Crippen LogP contribution is -2.63. The molecule has 0 aromatic heterocycles. The van der Waals surface area contributed by atoms with Crippen molar-refractivity contribution < 1.29 is 31.1 Å². The lowest BCUT2D eigenvalue weighted by Gasteiger charge is -2.35. The van der Waals surface area contributed by atoms with Gasteiger partial charge in [-0.05, 0) is 36.4 Å². The molecular weight excluding hydrogens is 362 g/mol. The van der Waals surface area contributed by atoms with Crippen LogP contribution in [0.5, 0.6) is 5.75 Å². The van der Waals surface area contributed by atoms with Crippen LogP contribution >= 0.6 is 0 Å². The molecule has 1 atom stereocenters. The Morgan fingerprint density at radius 3 is 2.00 bits per heavy atom. The highest BCUT2D eigenvalue weighted by Gasteiger charge is 2.80. The lowest BCUT2D eigenvalue weighted by molar-refractivity contribution is -0.278. The van der Waals surface area contributed by atoms with Crippen LogP contribution in [-0.4, -0.2) is 30.7 Å². The number of methoxy groups -OCH3 is 1. The van der Waals surface area contributed by atoms with Crippen molar-refractivity contribution in [2.45, 2.75) is 17.9 Å². The Morgan fingerprint density at radius 2 is 1.50 bits per heavy atom. The number of hydrogen-bond donors (Lipinski definition) is 0. The summed E-state index contributed by atoms with van der Waals surface area (Å²) < 4.78 is 89.3. The van der Waals surface area contributed by atoms with Crippen molar-refractivity contribution in [2.75, 3.05) is 12.1 Å². The predicted octanol–water partition coefficient (Wildman–Crippen LogP) is 4.78. The molecule has 138 valence electrons. The first kappa shape index (κ1) is 18.1. The maximum absolute atomic E-state index is 14.9. The molecule has 3 rings (SSSR count). The topological polar surface area (TPSA) is 24.8 Å². The van der Waals surface area contributed by atoms with Crippen LogP contribution in [0.3, 0.4) is 0 Å². The van der Waals surface area contributed by atoms with Gasteiger partial charge < -0.3 is 4.74 Å². The molecule has 0 saturated carbocycles. The van der Waals surface area contributed by atoms with E-state index in [1.54, 1.807) is 0 Å². The lowest BCUT2D eigenvalue weighted by atomic mass is 9.97. The molecule has 0 aliphatic carbocycles. The van der Waals surface area contributed by atoms with Gasteiger partial charge in [-0.2, -0.15) is 31.4 Å². The predicted molar refractivity (Wildman–Crippen MR) is 83.3 cm³/mol. The number of rotatable bonds is 3. The molecule has 0 radical (unpaired) electrons. The number of para-hydroxylation sites is 1. The number of halogens is 6. The van der Waals surface area contributed by atoms with E-state index >= 15 is 0 Å². The molecule has 1 aliphatic rings. The van der Waals surface area contributed by atoms with Crippen molar-refractivity contribution in [1.29, 1.82) is 0 Å². The van der Waals surface area contributed by atoms with Crippen molar-refractivity contribution in [3.63, 3.8) is 0 Å². The molecule has 0 spiro atoms. The number of hydrogen-bond acceptors (Lipinski definition) is 3. The largest absolute Gasteiger partial charge is 0.497 e. The van der Waals surface area contributed by atoms with Crippen molar-refractivity contribution in [3.05, 3.63) is 60.2 Å². The average molecular weight is 374 g/mol. The summed E-state index contributed by atoms with van der Waals surface area (Å²) in [6.45, 7) is 0. The smallest absolute Gasteiger partial charge is 0.450 e. The van der Waals surface area contributed by atoms with Crippen molar-refractivity contribution >= 4 is 11.4 Å². The summed E-state index contributed by atoms with van der Waals surface area (Å²) in [5.74, 6) is -9.65. The Labute approximate surface area is 144 Å². The molecule has 1 heterocycles. The van der Waals surface area contributed by atoms with Crippen LogP contribution in [0.1, 0.15) is 5.56 Å². The summed E-state index contributed by atoms with van der Waals surface area (Å²) in [5.41, 5.74) is -2.11. The molecule has 9 heteroatoms. The van der Waals surface area contributed by atoms with E-state index in [-0.39, 0.29) is 10.6 Å². The summed E-state index contributed by atoms with van der Waals surface area (Å²) in [6, 6.07) is 10.9. The zero-order valence-corrected chi connectivity index (χ0v) is 13.3. The highest BCUT2D eigenvalue weighted by Crippen LogP contribution is 2.54. The molecule has 2 aromatic carbocycles. The fraction of sp³-hybridized carbons (Fsp3) is 0.235. The van der Waals surface area contributed by atoms with Gasteiger partial charge in [0.2, 0.25) is 0 Å². The van der Waals surface area contributed by atoms with Crippen molar-refractivity contribution in [2.24, 2.45) is 5.10 Å². The van der Waals surface area contributed by atoms with Gasteiger partial charge in [-0.1, -0.05) is 18.2 Å². The van der Waals surface area contributed by atoms with Crippen LogP contribution in [0.2, 0.25) is 0 Å². The first-order valence-electron chi connectivity index (χ1n) is 7.35. The van der Waals surface area contributed by atoms with E-state index in [1.807, 2.05) is 0 Å². The van der Waals surface area contributed by atoms with Crippen LogP contribution in [0.4, 0.5) is 32.0 Å². The highest BCUT2D eigenvalue weighted by molar-refractivity contribution is 6.09. The van der Waals surface area contributed by atoms with E-state index in [4.69, 9.17) is 4.74 Å². The van der Waals surface area contributed by atoms with Crippen LogP contribution < -0.4 is 9.75 Å².